The van der Waals surface area contributed by atoms with Gasteiger partial charge < -0.3 is 11.1 Å². The highest BCUT2D eigenvalue weighted by atomic mass is 79.9. The first-order chi connectivity index (χ1) is 9.80. The van der Waals surface area contributed by atoms with Crippen molar-refractivity contribution in [2.75, 3.05) is 19.6 Å². The molecule has 0 spiro atoms. The van der Waals surface area contributed by atoms with E-state index in [9.17, 15) is 13.2 Å². The molecule has 0 aliphatic carbocycles. The van der Waals surface area contributed by atoms with Crippen LogP contribution in [-0.2, 0) is 10.0 Å². The SMILES string of the molecule is Cc1cc(S(=O)(=O)N2CCCC(CNC(N)=O)C2)sc1Br. The molecular formula is C12H18BrN3O3S2. The number of thiophene rings is 1. The minimum atomic E-state index is -3.46. The van der Waals surface area contributed by atoms with Gasteiger partial charge in [-0.1, -0.05) is 0 Å². The van der Waals surface area contributed by atoms with Crippen LogP contribution >= 0.6 is 27.3 Å². The number of amides is 2. The van der Waals surface area contributed by atoms with Crippen molar-refractivity contribution in [2.24, 2.45) is 11.7 Å². The number of hydrogen-bond acceptors (Lipinski definition) is 4. The second-order valence-corrected chi connectivity index (χ2v) is 9.67. The summed E-state index contributed by atoms with van der Waals surface area (Å²) in [6.07, 6.45) is 1.68. The van der Waals surface area contributed by atoms with Gasteiger partial charge in [0.2, 0.25) is 0 Å². The molecule has 1 aromatic heterocycles. The summed E-state index contributed by atoms with van der Waals surface area (Å²) in [5, 5.41) is 2.55. The normalized spacial score (nSPS) is 20.4. The Bertz CT molecular complexity index is 610. The number of rotatable bonds is 4. The van der Waals surface area contributed by atoms with Gasteiger partial charge >= 0.3 is 6.03 Å². The van der Waals surface area contributed by atoms with Gasteiger partial charge in [-0.05, 0) is 53.2 Å². The number of nitrogens with one attached hydrogen (secondary N) is 1. The van der Waals surface area contributed by atoms with E-state index in [0.29, 0.717) is 23.8 Å². The molecule has 2 rings (SSSR count). The molecule has 21 heavy (non-hydrogen) atoms. The lowest BCUT2D eigenvalue weighted by atomic mass is 10.00. The van der Waals surface area contributed by atoms with E-state index in [1.165, 1.54) is 15.6 Å². The van der Waals surface area contributed by atoms with Crippen LogP contribution in [0.5, 0.6) is 0 Å². The van der Waals surface area contributed by atoms with Gasteiger partial charge in [-0.15, -0.1) is 11.3 Å². The van der Waals surface area contributed by atoms with Crippen LogP contribution < -0.4 is 11.1 Å². The van der Waals surface area contributed by atoms with Gasteiger partial charge in [0.05, 0.1) is 3.79 Å². The number of carbonyl (C=O) groups is 1. The van der Waals surface area contributed by atoms with E-state index in [0.717, 1.165) is 22.2 Å². The molecule has 1 saturated heterocycles. The summed E-state index contributed by atoms with van der Waals surface area (Å²) < 4.78 is 28.0. The van der Waals surface area contributed by atoms with Crippen LogP contribution in [0.4, 0.5) is 4.79 Å². The fraction of sp³-hybridized carbons (Fsp3) is 0.583. The summed E-state index contributed by atoms with van der Waals surface area (Å²) >= 11 is 4.59. The number of piperidine rings is 1. The molecule has 1 unspecified atom stereocenters. The van der Waals surface area contributed by atoms with Crippen molar-refractivity contribution in [1.29, 1.82) is 0 Å². The third-order valence-corrected chi connectivity index (χ3v) is 7.93. The van der Waals surface area contributed by atoms with Crippen LogP contribution in [0.2, 0.25) is 0 Å². The predicted octanol–water partition coefficient (Wildman–Crippen LogP) is 1.89. The van der Waals surface area contributed by atoms with Crippen LogP contribution in [0.1, 0.15) is 18.4 Å². The molecule has 1 fully saturated rings. The first-order valence-corrected chi connectivity index (χ1v) is 9.65. The molecule has 118 valence electrons. The zero-order valence-corrected chi connectivity index (χ0v) is 14.9. The first-order valence-electron chi connectivity index (χ1n) is 6.60. The largest absolute Gasteiger partial charge is 0.352 e. The number of carbonyl (C=O) groups excluding carboxylic acids is 1. The van der Waals surface area contributed by atoms with Crippen LogP contribution in [0.3, 0.4) is 0 Å². The molecule has 1 aromatic rings. The maximum Gasteiger partial charge on any atom is 0.312 e. The summed E-state index contributed by atoms with van der Waals surface area (Å²) in [6.45, 7) is 3.21. The highest BCUT2D eigenvalue weighted by molar-refractivity contribution is 9.11. The van der Waals surface area contributed by atoms with Gasteiger partial charge in [-0.3, -0.25) is 0 Å². The van der Waals surface area contributed by atoms with Crippen molar-refractivity contribution >= 4 is 43.3 Å². The molecule has 1 aliphatic heterocycles. The fourth-order valence-corrected chi connectivity index (χ4v) is 6.28. The highest BCUT2D eigenvalue weighted by Gasteiger charge is 2.31. The number of hydrogen-bond donors (Lipinski definition) is 2. The van der Waals surface area contributed by atoms with Crippen molar-refractivity contribution in [3.63, 3.8) is 0 Å². The molecule has 6 nitrogen and oxygen atoms in total. The molecule has 0 radical (unpaired) electrons. The maximum atomic E-state index is 12.6. The van der Waals surface area contributed by atoms with Crippen molar-refractivity contribution < 1.29 is 13.2 Å². The molecular weight excluding hydrogens is 378 g/mol. The van der Waals surface area contributed by atoms with Crippen LogP contribution in [0.15, 0.2) is 14.1 Å². The third-order valence-electron chi connectivity index (χ3n) is 3.48. The van der Waals surface area contributed by atoms with Crippen molar-refractivity contribution in [2.45, 2.75) is 24.0 Å². The zero-order valence-electron chi connectivity index (χ0n) is 11.6. The lowest BCUT2D eigenvalue weighted by molar-refractivity contribution is 0.236. The smallest absolute Gasteiger partial charge is 0.312 e. The monoisotopic (exact) mass is 395 g/mol. The average molecular weight is 396 g/mol. The number of nitrogens with two attached hydrogens (primary N) is 1. The Morgan fingerprint density at radius 1 is 1.62 bits per heavy atom. The van der Waals surface area contributed by atoms with E-state index in [1.54, 1.807) is 6.07 Å². The Hall–Kier alpha value is -0.640. The Morgan fingerprint density at radius 3 is 2.90 bits per heavy atom. The number of nitrogens with zero attached hydrogens (tertiary/aromatic N) is 1. The molecule has 1 aliphatic rings. The quantitative estimate of drug-likeness (QED) is 0.814. The van der Waals surface area contributed by atoms with Crippen LogP contribution in [0.25, 0.3) is 0 Å². The van der Waals surface area contributed by atoms with E-state index in [1.807, 2.05) is 6.92 Å². The fourth-order valence-electron chi connectivity index (χ4n) is 2.34. The highest BCUT2D eigenvalue weighted by Crippen LogP contribution is 2.33. The molecule has 3 N–H and O–H groups in total. The molecule has 2 heterocycles. The van der Waals surface area contributed by atoms with Crippen LogP contribution in [0, 0.1) is 12.8 Å². The van der Waals surface area contributed by atoms with E-state index in [2.05, 4.69) is 21.2 Å². The number of primary amides is 1. The van der Waals surface area contributed by atoms with Gasteiger partial charge in [0.25, 0.3) is 10.0 Å². The van der Waals surface area contributed by atoms with Crippen LogP contribution in [-0.4, -0.2) is 38.4 Å². The molecule has 0 saturated carbocycles. The summed E-state index contributed by atoms with van der Waals surface area (Å²) in [5.41, 5.74) is 5.97. The van der Waals surface area contributed by atoms with E-state index in [-0.39, 0.29) is 5.92 Å². The number of sulfonamides is 1. The molecule has 2 amide bonds. The van der Waals surface area contributed by atoms with Gasteiger partial charge in [-0.2, -0.15) is 4.31 Å². The Morgan fingerprint density at radius 2 is 2.33 bits per heavy atom. The summed E-state index contributed by atoms with van der Waals surface area (Å²) in [6, 6.07) is 1.11. The van der Waals surface area contributed by atoms with Gasteiger partial charge in [0.15, 0.2) is 0 Å². The molecule has 1 atom stereocenters. The number of aryl methyl sites for hydroxylation is 1. The van der Waals surface area contributed by atoms with E-state index < -0.39 is 16.1 Å². The zero-order chi connectivity index (χ0) is 15.6. The van der Waals surface area contributed by atoms with Gasteiger partial charge in [0, 0.05) is 19.6 Å². The maximum absolute atomic E-state index is 12.6. The predicted molar refractivity (Wildman–Crippen MR) is 85.8 cm³/mol. The van der Waals surface area contributed by atoms with Crippen molar-refractivity contribution in [1.82, 2.24) is 9.62 Å². The topological polar surface area (TPSA) is 92.5 Å². The number of urea groups is 1. The molecule has 0 aromatic carbocycles. The van der Waals surface area contributed by atoms with E-state index >= 15 is 0 Å². The summed E-state index contributed by atoms with van der Waals surface area (Å²) in [7, 11) is -3.46. The average Bonchev–Trinajstić information content (AvgIpc) is 2.77. The first kappa shape index (κ1) is 16.7. The standard InChI is InChI=1S/C12H18BrN3O3S2/c1-8-5-10(20-11(8)13)21(18,19)16-4-2-3-9(7-16)6-15-12(14)17/h5,9H,2-4,6-7H2,1H3,(H3,14,15,17). The van der Waals surface area contributed by atoms with Gasteiger partial charge in [-0.25, -0.2) is 13.2 Å². The summed E-state index contributed by atoms with van der Waals surface area (Å²) in [4.78, 5) is 10.8. The van der Waals surface area contributed by atoms with Crippen molar-refractivity contribution in [3.8, 4) is 0 Å². The minimum Gasteiger partial charge on any atom is -0.352 e. The van der Waals surface area contributed by atoms with E-state index in [4.69, 9.17) is 5.73 Å². The summed E-state index contributed by atoms with van der Waals surface area (Å²) in [5.74, 6) is 0.102. The lowest BCUT2D eigenvalue weighted by Gasteiger charge is -2.31. The minimum absolute atomic E-state index is 0.102. The number of halogens is 1. The van der Waals surface area contributed by atoms with Crippen molar-refractivity contribution in [3.05, 3.63) is 15.4 Å². The lowest BCUT2D eigenvalue weighted by Crippen LogP contribution is -2.44. The third kappa shape index (κ3) is 3.97. The molecule has 0 bridgehead atoms. The Labute approximate surface area is 136 Å². The molecule has 9 heteroatoms. The Kier molecular flexibility index (Phi) is 5.29. The second kappa shape index (κ2) is 6.64. The second-order valence-electron chi connectivity index (χ2n) is 5.14. The Balaban J connectivity index is 2.11. The van der Waals surface area contributed by atoms with Gasteiger partial charge in [0.1, 0.15) is 4.21 Å².